The van der Waals surface area contributed by atoms with Crippen molar-refractivity contribution < 1.29 is 14.4 Å². The molecule has 3 amide bonds. The summed E-state index contributed by atoms with van der Waals surface area (Å²) in [6.07, 6.45) is 11.2. The molecule has 2 heterocycles. The summed E-state index contributed by atoms with van der Waals surface area (Å²) in [4.78, 5) is 46.0. The fourth-order valence-electron chi connectivity index (χ4n) is 9.61. The molecule has 2 aliphatic heterocycles. The zero-order valence-corrected chi connectivity index (χ0v) is 29.4. The molecule has 2 saturated heterocycles. The normalized spacial score (nSPS) is 39.2. The van der Waals surface area contributed by atoms with E-state index in [4.69, 9.17) is 0 Å². The maximum absolute atomic E-state index is 13.4. The minimum Gasteiger partial charge on any atom is -0.353 e. The van der Waals surface area contributed by atoms with Crippen LogP contribution in [0.5, 0.6) is 0 Å². The van der Waals surface area contributed by atoms with Crippen molar-refractivity contribution in [1.82, 2.24) is 30.7 Å². The van der Waals surface area contributed by atoms with Crippen LogP contribution in [0.3, 0.4) is 0 Å². The van der Waals surface area contributed by atoms with E-state index in [0.717, 1.165) is 90.3 Å². The first-order valence-electron chi connectivity index (χ1n) is 18.4. The van der Waals surface area contributed by atoms with Crippen LogP contribution in [0.15, 0.2) is 0 Å². The molecule has 256 valence electrons. The number of nitrogens with zero attached hydrogens (tertiary/aromatic N) is 3. The number of likely N-dealkylation sites (N-methyl/N-ethyl adjacent to an activating group) is 3. The number of carbonyl (C=O) groups excluding carboxylic acids is 3. The molecule has 9 heteroatoms. The van der Waals surface area contributed by atoms with E-state index in [1.54, 1.807) is 0 Å². The maximum atomic E-state index is 13.4. The van der Waals surface area contributed by atoms with Gasteiger partial charge in [-0.05, 0) is 99.8 Å². The second-order valence-corrected chi connectivity index (χ2v) is 16.5. The van der Waals surface area contributed by atoms with Gasteiger partial charge in [-0.3, -0.25) is 29.9 Å². The topological polar surface area (TPSA) is 97.0 Å². The second kappa shape index (κ2) is 14.6. The summed E-state index contributed by atoms with van der Waals surface area (Å²) in [5.74, 6) is 2.67. The van der Waals surface area contributed by atoms with E-state index in [0.29, 0.717) is 35.6 Å². The maximum Gasteiger partial charge on any atom is 0.254 e. The molecule has 6 atom stereocenters. The monoisotopic (exact) mass is 629 g/mol. The molecule has 3 N–H and O–H groups in total. The lowest BCUT2D eigenvalue weighted by Gasteiger charge is -2.47. The number of rotatable bonds is 7. The van der Waals surface area contributed by atoms with Crippen molar-refractivity contribution >= 4 is 17.7 Å². The van der Waals surface area contributed by atoms with Crippen LogP contribution in [-0.2, 0) is 14.4 Å². The van der Waals surface area contributed by atoms with Crippen LogP contribution in [0.2, 0.25) is 0 Å². The summed E-state index contributed by atoms with van der Waals surface area (Å²) in [6.45, 7) is 14.9. The molecule has 3 aliphatic carbocycles. The lowest BCUT2D eigenvalue weighted by molar-refractivity contribution is -0.143. The minimum atomic E-state index is -0.384. The highest BCUT2D eigenvalue weighted by Gasteiger charge is 2.44. The Hall–Kier alpha value is -1.71. The van der Waals surface area contributed by atoms with E-state index in [2.05, 4.69) is 55.5 Å². The first-order chi connectivity index (χ1) is 21.4. The van der Waals surface area contributed by atoms with E-state index in [9.17, 15) is 14.4 Å². The Morgan fingerprint density at radius 1 is 0.889 bits per heavy atom. The van der Waals surface area contributed by atoms with E-state index in [1.165, 1.54) is 0 Å². The van der Waals surface area contributed by atoms with E-state index < -0.39 is 0 Å². The fraction of sp³-hybridized carbons (Fsp3) is 0.917. The van der Waals surface area contributed by atoms with Gasteiger partial charge >= 0.3 is 0 Å². The molecule has 5 rings (SSSR count). The lowest BCUT2D eigenvalue weighted by atomic mass is 9.69. The zero-order chi connectivity index (χ0) is 32.5. The fourth-order valence-corrected chi connectivity index (χ4v) is 9.61. The SMILES string of the molecule is CCN1CCN(C)C(=O)C1C1CCC(NC2NC(C3CCCC(NC(=O)C4CCC(C(C)(C)C)CC4)C3C)CN(C)C2=O)CC1. The van der Waals surface area contributed by atoms with E-state index in [-0.39, 0.29) is 54.0 Å². The van der Waals surface area contributed by atoms with Crippen molar-refractivity contribution in [1.29, 1.82) is 0 Å². The van der Waals surface area contributed by atoms with Gasteiger partial charge in [-0.2, -0.15) is 0 Å². The number of piperazine rings is 2. The molecule has 9 nitrogen and oxygen atoms in total. The highest BCUT2D eigenvalue weighted by molar-refractivity contribution is 5.83. The summed E-state index contributed by atoms with van der Waals surface area (Å²) in [6, 6.07) is 0.671. The van der Waals surface area contributed by atoms with Crippen LogP contribution >= 0.6 is 0 Å². The Balaban J connectivity index is 1.13. The van der Waals surface area contributed by atoms with Gasteiger partial charge in [0.05, 0.1) is 6.04 Å². The highest BCUT2D eigenvalue weighted by Crippen LogP contribution is 2.40. The predicted octanol–water partition coefficient (Wildman–Crippen LogP) is 3.83. The molecule has 0 aromatic carbocycles. The lowest BCUT2D eigenvalue weighted by Crippen LogP contribution is -2.68. The molecule has 0 radical (unpaired) electrons. The van der Waals surface area contributed by atoms with Gasteiger partial charge in [0.25, 0.3) is 5.91 Å². The summed E-state index contributed by atoms with van der Waals surface area (Å²) < 4.78 is 0. The second-order valence-electron chi connectivity index (χ2n) is 16.5. The quantitative estimate of drug-likeness (QED) is 0.397. The Morgan fingerprint density at radius 2 is 1.58 bits per heavy atom. The smallest absolute Gasteiger partial charge is 0.254 e. The molecule has 3 saturated carbocycles. The summed E-state index contributed by atoms with van der Waals surface area (Å²) >= 11 is 0. The van der Waals surface area contributed by atoms with Gasteiger partial charge in [0, 0.05) is 57.8 Å². The average Bonchev–Trinajstić information content (AvgIpc) is 3.01. The van der Waals surface area contributed by atoms with Crippen LogP contribution in [0.4, 0.5) is 0 Å². The molecule has 0 aromatic rings. The molecular weight excluding hydrogens is 564 g/mol. The first kappa shape index (κ1) is 34.6. The summed E-state index contributed by atoms with van der Waals surface area (Å²) in [5.41, 5.74) is 0.323. The van der Waals surface area contributed by atoms with Gasteiger partial charge in [0.15, 0.2) is 0 Å². The van der Waals surface area contributed by atoms with Gasteiger partial charge in [-0.15, -0.1) is 0 Å². The van der Waals surface area contributed by atoms with E-state index >= 15 is 0 Å². The molecule has 5 fully saturated rings. The van der Waals surface area contributed by atoms with Gasteiger partial charge in [0.2, 0.25) is 11.8 Å². The molecule has 45 heavy (non-hydrogen) atoms. The van der Waals surface area contributed by atoms with Crippen LogP contribution in [-0.4, -0.2) is 103 Å². The van der Waals surface area contributed by atoms with Crippen molar-refractivity contribution in [3.05, 3.63) is 0 Å². The summed E-state index contributed by atoms with van der Waals surface area (Å²) in [7, 11) is 3.87. The highest BCUT2D eigenvalue weighted by atomic mass is 16.2. The number of hydrogen-bond donors (Lipinski definition) is 3. The molecule has 0 spiro atoms. The van der Waals surface area contributed by atoms with Crippen molar-refractivity contribution in [2.75, 3.05) is 40.3 Å². The number of nitrogens with one attached hydrogen (secondary N) is 3. The molecule has 5 aliphatic rings. The standard InChI is InChI=1S/C36H64N6O3/c1-8-42-21-20-40(6)34(44)31(42)24-14-18-27(19-15-24)37-32-35(45)41(7)22-30(38-32)28-10-9-11-29(23(28)2)39-33(43)25-12-16-26(17-13-25)36(3,4)5/h23-32,37-38H,8-22H2,1-7H3,(H,39,43). The third-order valence-electron chi connectivity index (χ3n) is 12.8. The average molecular weight is 629 g/mol. The van der Waals surface area contributed by atoms with E-state index in [1.807, 2.05) is 23.9 Å². The van der Waals surface area contributed by atoms with Crippen LogP contribution in [0.25, 0.3) is 0 Å². The Bertz CT molecular complexity index is 1030. The number of hydrogen-bond acceptors (Lipinski definition) is 6. The Kier molecular flexibility index (Phi) is 11.2. The molecular formula is C36H64N6O3. The molecule has 6 unspecified atom stereocenters. The Labute approximate surface area is 273 Å². The van der Waals surface area contributed by atoms with Gasteiger partial charge < -0.3 is 15.1 Å². The van der Waals surface area contributed by atoms with Gasteiger partial charge in [-0.1, -0.05) is 41.0 Å². The van der Waals surface area contributed by atoms with Crippen molar-refractivity contribution in [3.8, 4) is 0 Å². The van der Waals surface area contributed by atoms with Crippen LogP contribution < -0.4 is 16.0 Å². The van der Waals surface area contributed by atoms with Crippen LogP contribution in [0.1, 0.15) is 105 Å². The zero-order valence-electron chi connectivity index (χ0n) is 29.4. The minimum absolute atomic E-state index is 0.000560. The number of carbonyl (C=O) groups is 3. The predicted molar refractivity (Wildman–Crippen MR) is 179 cm³/mol. The van der Waals surface area contributed by atoms with Crippen LogP contribution in [0, 0.1) is 35.0 Å². The Morgan fingerprint density at radius 3 is 2.22 bits per heavy atom. The van der Waals surface area contributed by atoms with Crippen molar-refractivity contribution in [2.45, 2.75) is 136 Å². The molecule has 0 aromatic heterocycles. The summed E-state index contributed by atoms with van der Waals surface area (Å²) in [5, 5.41) is 11.0. The number of amides is 3. The van der Waals surface area contributed by atoms with Gasteiger partial charge in [-0.25, -0.2) is 0 Å². The first-order valence-corrected chi connectivity index (χ1v) is 18.4. The molecule has 0 bridgehead atoms. The third kappa shape index (κ3) is 7.89. The largest absolute Gasteiger partial charge is 0.353 e. The third-order valence-corrected chi connectivity index (χ3v) is 12.8. The van der Waals surface area contributed by atoms with Crippen molar-refractivity contribution in [2.24, 2.45) is 35.0 Å². The van der Waals surface area contributed by atoms with Gasteiger partial charge in [0.1, 0.15) is 6.17 Å². The van der Waals surface area contributed by atoms with Crippen molar-refractivity contribution in [3.63, 3.8) is 0 Å².